The Labute approximate surface area is 150 Å². The van der Waals surface area contributed by atoms with Crippen LogP contribution in [0.25, 0.3) is 11.0 Å². The van der Waals surface area contributed by atoms with Crippen LogP contribution in [0.15, 0.2) is 27.4 Å². The van der Waals surface area contributed by atoms with Gasteiger partial charge in [-0.2, -0.15) is 0 Å². The van der Waals surface area contributed by atoms with Crippen LogP contribution >= 0.6 is 0 Å². The van der Waals surface area contributed by atoms with Gasteiger partial charge in [0.2, 0.25) is 0 Å². The van der Waals surface area contributed by atoms with Gasteiger partial charge in [0.25, 0.3) is 0 Å². The van der Waals surface area contributed by atoms with E-state index in [0.29, 0.717) is 16.5 Å². The van der Waals surface area contributed by atoms with Crippen molar-refractivity contribution in [2.75, 3.05) is 6.54 Å². The molecule has 0 saturated carbocycles. The van der Waals surface area contributed by atoms with Crippen molar-refractivity contribution >= 4 is 28.8 Å². The highest BCUT2D eigenvalue weighted by molar-refractivity contribution is 6.44. The van der Waals surface area contributed by atoms with Crippen molar-refractivity contribution < 1.29 is 18.8 Å². The number of benzene rings is 1. The molecule has 2 heterocycles. The van der Waals surface area contributed by atoms with E-state index >= 15 is 0 Å². The van der Waals surface area contributed by atoms with E-state index in [1.165, 1.54) is 6.07 Å². The summed E-state index contributed by atoms with van der Waals surface area (Å²) in [6, 6.07) is 4.27. The van der Waals surface area contributed by atoms with E-state index in [1.807, 2.05) is 33.8 Å². The average Bonchev–Trinajstić information content (AvgIpc) is 2.76. The molecule has 1 aliphatic heterocycles. The van der Waals surface area contributed by atoms with Crippen LogP contribution in [0, 0.1) is 19.8 Å². The van der Waals surface area contributed by atoms with Crippen molar-refractivity contribution in [1.82, 2.24) is 9.80 Å². The van der Waals surface area contributed by atoms with Crippen LogP contribution in [0.3, 0.4) is 0 Å². The van der Waals surface area contributed by atoms with Crippen LogP contribution in [0.1, 0.15) is 30.5 Å². The summed E-state index contributed by atoms with van der Waals surface area (Å²) in [6.45, 7) is 7.48. The first kappa shape index (κ1) is 17.8. The molecular weight excluding hydrogens is 336 g/mol. The standard InChI is InChI=1S/C19H20N2O5/c1-10(2)8-20-17(23)18(24)21(19(20)25)9-13-7-15(22)26-16-12(4)11(3)5-6-14(13)16/h5-7,10H,8-9H2,1-4H3. The zero-order valence-electron chi connectivity index (χ0n) is 15.2. The van der Waals surface area contributed by atoms with E-state index in [4.69, 9.17) is 4.42 Å². The fraction of sp³-hybridized carbons (Fsp3) is 0.368. The lowest BCUT2D eigenvalue weighted by molar-refractivity contribution is -0.143. The molecule has 1 aliphatic rings. The third-order valence-electron chi connectivity index (χ3n) is 4.53. The van der Waals surface area contributed by atoms with E-state index in [1.54, 1.807) is 6.07 Å². The predicted molar refractivity (Wildman–Crippen MR) is 94.5 cm³/mol. The Hall–Kier alpha value is -2.96. The first-order valence-electron chi connectivity index (χ1n) is 8.41. The number of fused-ring (bicyclic) bond motifs is 1. The molecule has 4 amide bonds. The molecule has 0 N–H and O–H groups in total. The van der Waals surface area contributed by atoms with Gasteiger partial charge in [0.05, 0.1) is 6.54 Å². The van der Waals surface area contributed by atoms with Crippen molar-refractivity contribution in [3.63, 3.8) is 0 Å². The van der Waals surface area contributed by atoms with Gasteiger partial charge in [-0.1, -0.05) is 26.0 Å². The number of urea groups is 1. The third-order valence-corrected chi connectivity index (χ3v) is 4.53. The molecule has 0 unspecified atom stereocenters. The maximum absolute atomic E-state index is 12.5. The van der Waals surface area contributed by atoms with Gasteiger partial charge in [-0.15, -0.1) is 0 Å². The fourth-order valence-corrected chi connectivity index (χ4v) is 3.04. The molecule has 1 aromatic heterocycles. The minimum atomic E-state index is -0.874. The molecule has 0 atom stereocenters. The van der Waals surface area contributed by atoms with E-state index in [-0.39, 0.29) is 19.0 Å². The minimum absolute atomic E-state index is 0.0471. The van der Waals surface area contributed by atoms with Crippen molar-refractivity contribution in [2.24, 2.45) is 5.92 Å². The van der Waals surface area contributed by atoms with Crippen LogP contribution in [-0.4, -0.2) is 34.2 Å². The lowest BCUT2D eigenvalue weighted by atomic mass is 10.0. The summed E-state index contributed by atoms with van der Waals surface area (Å²) in [5.41, 5.74) is 2.12. The van der Waals surface area contributed by atoms with E-state index in [0.717, 1.165) is 20.9 Å². The summed E-state index contributed by atoms with van der Waals surface area (Å²) in [5, 5.41) is 0.642. The minimum Gasteiger partial charge on any atom is -0.422 e. The van der Waals surface area contributed by atoms with Crippen molar-refractivity contribution in [1.29, 1.82) is 0 Å². The van der Waals surface area contributed by atoms with Gasteiger partial charge in [0, 0.05) is 18.0 Å². The first-order chi connectivity index (χ1) is 12.2. The molecular formula is C19H20N2O5. The van der Waals surface area contributed by atoms with Gasteiger partial charge in [-0.3, -0.25) is 19.4 Å². The summed E-state index contributed by atoms with van der Waals surface area (Å²) < 4.78 is 5.31. The molecule has 136 valence electrons. The maximum atomic E-state index is 12.5. The van der Waals surface area contributed by atoms with Crippen LogP contribution in [0.4, 0.5) is 4.79 Å². The predicted octanol–water partition coefficient (Wildman–Crippen LogP) is 2.36. The third kappa shape index (κ3) is 2.89. The van der Waals surface area contributed by atoms with Crippen LogP contribution in [0.2, 0.25) is 0 Å². The number of carbonyl (C=O) groups excluding carboxylic acids is 3. The summed E-state index contributed by atoms with van der Waals surface area (Å²) in [4.78, 5) is 50.7. The lowest BCUT2D eigenvalue weighted by Gasteiger charge is -2.17. The highest BCUT2D eigenvalue weighted by Gasteiger charge is 2.44. The van der Waals surface area contributed by atoms with E-state index < -0.39 is 23.5 Å². The fourth-order valence-electron chi connectivity index (χ4n) is 3.04. The Bertz CT molecular complexity index is 989. The molecule has 0 aliphatic carbocycles. The highest BCUT2D eigenvalue weighted by atomic mass is 16.4. The smallest absolute Gasteiger partial charge is 0.336 e. The van der Waals surface area contributed by atoms with Crippen LogP contribution in [-0.2, 0) is 16.1 Å². The highest BCUT2D eigenvalue weighted by Crippen LogP contribution is 2.25. The Kier molecular flexibility index (Phi) is 4.39. The molecule has 26 heavy (non-hydrogen) atoms. The molecule has 0 bridgehead atoms. The van der Waals surface area contributed by atoms with Crippen LogP contribution in [0.5, 0.6) is 0 Å². The van der Waals surface area contributed by atoms with Crippen molar-refractivity contribution in [3.05, 3.63) is 45.3 Å². The normalized spacial score (nSPS) is 15.0. The molecule has 0 radical (unpaired) electrons. The zero-order valence-corrected chi connectivity index (χ0v) is 15.2. The number of nitrogens with zero attached hydrogens (tertiary/aromatic N) is 2. The molecule has 3 rings (SSSR count). The van der Waals surface area contributed by atoms with Crippen molar-refractivity contribution in [2.45, 2.75) is 34.2 Å². The van der Waals surface area contributed by atoms with Gasteiger partial charge < -0.3 is 4.42 Å². The Morgan fingerprint density at radius 3 is 2.31 bits per heavy atom. The second kappa shape index (κ2) is 6.40. The van der Waals surface area contributed by atoms with Gasteiger partial charge in [-0.05, 0) is 36.5 Å². The average molecular weight is 356 g/mol. The molecule has 2 aromatic rings. The topological polar surface area (TPSA) is 87.9 Å². The number of rotatable bonds is 4. The molecule has 7 heteroatoms. The van der Waals surface area contributed by atoms with E-state index in [2.05, 4.69) is 0 Å². The largest absolute Gasteiger partial charge is 0.422 e. The number of imide groups is 2. The summed E-state index contributed by atoms with van der Waals surface area (Å²) in [7, 11) is 0. The van der Waals surface area contributed by atoms with Gasteiger partial charge in [0.1, 0.15) is 5.58 Å². The van der Waals surface area contributed by atoms with Crippen LogP contribution < -0.4 is 5.63 Å². The Balaban J connectivity index is 2.03. The monoisotopic (exact) mass is 356 g/mol. The van der Waals surface area contributed by atoms with Gasteiger partial charge >= 0.3 is 23.5 Å². The Morgan fingerprint density at radius 2 is 1.65 bits per heavy atom. The van der Waals surface area contributed by atoms with Crippen molar-refractivity contribution in [3.8, 4) is 0 Å². The summed E-state index contributed by atoms with van der Waals surface area (Å²) in [5.74, 6) is -1.66. The van der Waals surface area contributed by atoms with Gasteiger partial charge in [0.15, 0.2) is 0 Å². The number of hydrogen-bond donors (Lipinski definition) is 0. The molecule has 1 fully saturated rings. The number of aryl methyl sites for hydroxylation is 2. The molecule has 1 saturated heterocycles. The number of amides is 4. The summed E-state index contributed by atoms with van der Waals surface area (Å²) in [6.07, 6.45) is 0. The summed E-state index contributed by atoms with van der Waals surface area (Å²) >= 11 is 0. The number of hydrogen-bond acceptors (Lipinski definition) is 5. The first-order valence-corrected chi connectivity index (χ1v) is 8.41. The molecule has 7 nitrogen and oxygen atoms in total. The SMILES string of the molecule is Cc1ccc2c(CN3C(=O)C(=O)N(CC(C)C)C3=O)cc(=O)oc2c1C. The second-order valence-corrected chi connectivity index (χ2v) is 6.96. The lowest BCUT2D eigenvalue weighted by Crippen LogP contribution is -2.35. The quantitative estimate of drug-likeness (QED) is 0.477. The number of carbonyl (C=O) groups is 3. The second-order valence-electron chi connectivity index (χ2n) is 6.96. The molecule has 1 aromatic carbocycles. The maximum Gasteiger partial charge on any atom is 0.336 e. The van der Waals surface area contributed by atoms with Gasteiger partial charge in [-0.25, -0.2) is 9.59 Å². The molecule has 0 spiro atoms. The Morgan fingerprint density at radius 1 is 1.00 bits per heavy atom. The zero-order chi connectivity index (χ0) is 19.2. The van der Waals surface area contributed by atoms with E-state index in [9.17, 15) is 19.2 Å².